The SMILES string of the molecule is CNC(CSc1ccccn1)c1ccc(C(C)C)cc1. The molecule has 1 heterocycles. The van der Waals surface area contributed by atoms with E-state index in [1.165, 1.54) is 11.1 Å². The van der Waals surface area contributed by atoms with Crippen LogP contribution < -0.4 is 5.32 Å². The van der Waals surface area contributed by atoms with Crippen molar-refractivity contribution in [1.82, 2.24) is 10.3 Å². The number of hydrogen-bond donors (Lipinski definition) is 1. The zero-order chi connectivity index (χ0) is 14.4. The van der Waals surface area contributed by atoms with Crippen molar-refractivity contribution in [3.63, 3.8) is 0 Å². The molecule has 2 rings (SSSR count). The number of nitrogens with zero attached hydrogens (tertiary/aromatic N) is 1. The van der Waals surface area contributed by atoms with Crippen LogP contribution in [0.5, 0.6) is 0 Å². The summed E-state index contributed by atoms with van der Waals surface area (Å²) >= 11 is 1.78. The monoisotopic (exact) mass is 286 g/mol. The molecule has 1 N–H and O–H groups in total. The van der Waals surface area contributed by atoms with Crippen LogP contribution in [0.3, 0.4) is 0 Å². The summed E-state index contributed by atoms with van der Waals surface area (Å²) in [5.74, 6) is 1.56. The second-order valence-electron chi connectivity index (χ2n) is 5.14. The summed E-state index contributed by atoms with van der Waals surface area (Å²) in [5.41, 5.74) is 2.72. The fourth-order valence-corrected chi connectivity index (χ4v) is 3.07. The molecule has 0 bridgehead atoms. The highest BCUT2D eigenvalue weighted by atomic mass is 32.2. The molecule has 3 heteroatoms. The highest BCUT2D eigenvalue weighted by Gasteiger charge is 2.10. The molecule has 2 aromatic rings. The molecule has 2 nitrogen and oxygen atoms in total. The van der Waals surface area contributed by atoms with E-state index in [1.54, 1.807) is 11.8 Å². The van der Waals surface area contributed by atoms with E-state index < -0.39 is 0 Å². The van der Waals surface area contributed by atoms with E-state index in [-0.39, 0.29) is 0 Å². The topological polar surface area (TPSA) is 24.9 Å². The fraction of sp³-hybridized carbons (Fsp3) is 0.353. The third kappa shape index (κ3) is 4.09. The maximum absolute atomic E-state index is 4.35. The van der Waals surface area contributed by atoms with Gasteiger partial charge in [0.05, 0.1) is 5.03 Å². The molecular weight excluding hydrogens is 264 g/mol. The average Bonchev–Trinajstić information content (AvgIpc) is 2.49. The van der Waals surface area contributed by atoms with Crippen LogP contribution in [0.2, 0.25) is 0 Å². The van der Waals surface area contributed by atoms with Crippen molar-refractivity contribution in [2.24, 2.45) is 0 Å². The van der Waals surface area contributed by atoms with Gasteiger partial charge in [-0.25, -0.2) is 4.98 Å². The summed E-state index contributed by atoms with van der Waals surface area (Å²) < 4.78 is 0. The Bertz CT molecular complexity index is 508. The molecule has 0 spiro atoms. The third-order valence-electron chi connectivity index (χ3n) is 3.39. The van der Waals surface area contributed by atoms with Crippen LogP contribution in [-0.4, -0.2) is 17.8 Å². The summed E-state index contributed by atoms with van der Waals surface area (Å²) in [5, 5.41) is 4.46. The zero-order valence-electron chi connectivity index (χ0n) is 12.3. The molecule has 0 aliphatic carbocycles. The van der Waals surface area contributed by atoms with E-state index in [9.17, 15) is 0 Å². The normalized spacial score (nSPS) is 12.6. The Morgan fingerprint density at radius 3 is 2.30 bits per heavy atom. The summed E-state index contributed by atoms with van der Waals surface area (Å²) in [6.07, 6.45) is 1.84. The van der Waals surface area contributed by atoms with Gasteiger partial charge in [0.2, 0.25) is 0 Å². The Morgan fingerprint density at radius 1 is 1.05 bits per heavy atom. The van der Waals surface area contributed by atoms with Crippen molar-refractivity contribution in [2.75, 3.05) is 12.8 Å². The summed E-state index contributed by atoms with van der Waals surface area (Å²) in [7, 11) is 2.01. The number of pyridine rings is 1. The average molecular weight is 286 g/mol. The molecule has 20 heavy (non-hydrogen) atoms. The van der Waals surface area contributed by atoms with Gasteiger partial charge < -0.3 is 5.32 Å². The number of benzene rings is 1. The lowest BCUT2D eigenvalue weighted by molar-refractivity contribution is 0.660. The quantitative estimate of drug-likeness (QED) is 0.803. The molecule has 0 amide bonds. The van der Waals surface area contributed by atoms with Gasteiger partial charge in [0.25, 0.3) is 0 Å². The lowest BCUT2D eigenvalue weighted by atomic mass is 10.00. The van der Waals surface area contributed by atoms with Gasteiger partial charge in [-0.05, 0) is 36.2 Å². The number of aromatic nitrogens is 1. The van der Waals surface area contributed by atoms with E-state index >= 15 is 0 Å². The Morgan fingerprint density at radius 2 is 1.75 bits per heavy atom. The van der Waals surface area contributed by atoms with E-state index in [1.807, 2.05) is 25.4 Å². The van der Waals surface area contributed by atoms with Gasteiger partial charge >= 0.3 is 0 Å². The molecule has 106 valence electrons. The largest absolute Gasteiger partial charge is 0.312 e. The Kier molecular flexibility index (Phi) is 5.62. The van der Waals surface area contributed by atoms with Crippen LogP contribution in [0.25, 0.3) is 0 Å². The maximum atomic E-state index is 4.35. The van der Waals surface area contributed by atoms with Crippen LogP contribution in [-0.2, 0) is 0 Å². The summed E-state index contributed by atoms with van der Waals surface area (Å²) in [4.78, 5) is 4.35. The van der Waals surface area contributed by atoms with Crippen molar-refractivity contribution in [3.8, 4) is 0 Å². The van der Waals surface area contributed by atoms with Crippen molar-refractivity contribution >= 4 is 11.8 Å². The Hall–Kier alpha value is -1.32. The van der Waals surface area contributed by atoms with Crippen LogP contribution >= 0.6 is 11.8 Å². The first-order valence-electron chi connectivity index (χ1n) is 7.01. The molecule has 0 radical (unpaired) electrons. The van der Waals surface area contributed by atoms with E-state index in [4.69, 9.17) is 0 Å². The zero-order valence-corrected chi connectivity index (χ0v) is 13.2. The lowest BCUT2D eigenvalue weighted by Crippen LogP contribution is -2.18. The van der Waals surface area contributed by atoms with Gasteiger partial charge in [0.1, 0.15) is 0 Å². The minimum absolute atomic E-state index is 0.350. The second kappa shape index (κ2) is 7.46. The van der Waals surface area contributed by atoms with Crippen molar-refractivity contribution < 1.29 is 0 Å². The molecule has 1 atom stereocenters. The predicted octanol–water partition coefficient (Wildman–Crippen LogP) is 4.26. The smallest absolute Gasteiger partial charge is 0.0960 e. The summed E-state index contributed by atoms with van der Waals surface area (Å²) in [6, 6.07) is 15.3. The second-order valence-corrected chi connectivity index (χ2v) is 6.18. The number of nitrogens with one attached hydrogen (secondary N) is 1. The molecule has 0 saturated carbocycles. The molecule has 1 aromatic carbocycles. The van der Waals surface area contributed by atoms with Crippen LogP contribution in [0.15, 0.2) is 53.7 Å². The molecular formula is C17H22N2S. The molecule has 0 fully saturated rings. The first-order valence-corrected chi connectivity index (χ1v) is 8.00. The lowest BCUT2D eigenvalue weighted by Gasteiger charge is -2.17. The van der Waals surface area contributed by atoms with Gasteiger partial charge in [-0.2, -0.15) is 0 Å². The first kappa shape index (κ1) is 15.1. The van der Waals surface area contributed by atoms with Crippen molar-refractivity contribution in [3.05, 3.63) is 59.8 Å². The van der Waals surface area contributed by atoms with Crippen molar-refractivity contribution in [1.29, 1.82) is 0 Å². The van der Waals surface area contributed by atoms with Gasteiger partial charge in [0.15, 0.2) is 0 Å². The van der Waals surface area contributed by atoms with E-state index in [0.29, 0.717) is 12.0 Å². The van der Waals surface area contributed by atoms with Gasteiger partial charge in [-0.3, -0.25) is 0 Å². The molecule has 0 aliphatic heterocycles. The van der Waals surface area contributed by atoms with Crippen molar-refractivity contribution in [2.45, 2.75) is 30.8 Å². The van der Waals surface area contributed by atoms with Gasteiger partial charge in [0, 0.05) is 18.0 Å². The van der Waals surface area contributed by atoms with Gasteiger partial charge in [-0.1, -0.05) is 44.2 Å². The molecule has 0 aliphatic rings. The fourth-order valence-electron chi connectivity index (χ4n) is 2.06. The number of rotatable bonds is 6. The van der Waals surface area contributed by atoms with E-state index in [2.05, 4.69) is 54.5 Å². The minimum atomic E-state index is 0.350. The minimum Gasteiger partial charge on any atom is -0.312 e. The number of hydrogen-bond acceptors (Lipinski definition) is 3. The third-order valence-corrected chi connectivity index (χ3v) is 4.43. The Balaban J connectivity index is 2.01. The van der Waals surface area contributed by atoms with Crippen LogP contribution in [0, 0.1) is 0 Å². The molecule has 0 saturated heterocycles. The van der Waals surface area contributed by atoms with E-state index in [0.717, 1.165) is 10.8 Å². The first-order chi connectivity index (χ1) is 9.70. The number of thioether (sulfide) groups is 1. The highest BCUT2D eigenvalue weighted by Crippen LogP contribution is 2.24. The maximum Gasteiger partial charge on any atom is 0.0960 e. The van der Waals surface area contributed by atoms with Crippen LogP contribution in [0.4, 0.5) is 0 Å². The van der Waals surface area contributed by atoms with Gasteiger partial charge in [-0.15, -0.1) is 11.8 Å². The molecule has 1 aromatic heterocycles. The molecule has 1 unspecified atom stereocenters. The van der Waals surface area contributed by atoms with Crippen LogP contribution in [0.1, 0.15) is 36.9 Å². The Labute approximate surface area is 126 Å². The standard InChI is InChI=1S/C17H22N2S/c1-13(2)14-7-9-15(10-8-14)16(18-3)12-20-17-6-4-5-11-19-17/h4-11,13,16,18H,12H2,1-3H3. The predicted molar refractivity (Wildman–Crippen MR) is 87.3 cm³/mol. The highest BCUT2D eigenvalue weighted by molar-refractivity contribution is 7.99. The summed E-state index contributed by atoms with van der Waals surface area (Å²) in [6.45, 7) is 4.45.